The van der Waals surface area contributed by atoms with Gasteiger partial charge in [-0.15, -0.1) is 11.3 Å². The van der Waals surface area contributed by atoms with Crippen LogP contribution in [-0.4, -0.2) is 71.0 Å². The average Bonchev–Trinajstić information content (AvgIpc) is 3.73. The summed E-state index contributed by atoms with van der Waals surface area (Å²) in [4.78, 5) is 49.0. The van der Waals surface area contributed by atoms with E-state index in [1.54, 1.807) is 12.1 Å². The van der Waals surface area contributed by atoms with Crippen LogP contribution in [0.25, 0.3) is 0 Å². The highest BCUT2D eigenvalue weighted by Crippen LogP contribution is 2.31. The van der Waals surface area contributed by atoms with Gasteiger partial charge in [0.25, 0.3) is 0 Å². The van der Waals surface area contributed by atoms with Crippen LogP contribution in [0.2, 0.25) is 0 Å². The molecule has 1 amide bonds. The van der Waals surface area contributed by atoms with Gasteiger partial charge in [0.05, 0.1) is 23.4 Å². The lowest BCUT2D eigenvalue weighted by Gasteiger charge is -2.30. The van der Waals surface area contributed by atoms with E-state index in [2.05, 4.69) is 16.0 Å². The van der Waals surface area contributed by atoms with E-state index in [1.807, 2.05) is 60.7 Å². The summed E-state index contributed by atoms with van der Waals surface area (Å²) in [6.45, 7) is 0.795. The molecule has 46 heavy (non-hydrogen) atoms. The smallest absolute Gasteiger partial charge is 0.481 e. The van der Waals surface area contributed by atoms with Crippen LogP contribution >= 0.6 is 11.3 Å². The Labute approximate surface area is 266 Å². The van der Waals surface area contributed by atoms with Crippen LogP contribution in [0, 0.1) is 5.41 Å². The second kappa shape index (κ2) is 16.6. The van der Waals surface area contributed by atoms with Gasteiger partial charge in [0.15, 0.2) is 5.78 Å². The summed E-state index contributed by atoms with van der Waals surface area (Å²) in [5.41, 5.74) is 7.43. The molecule has 0 spiro atoms. The van der Waals surface area contributed by atoms with Crippen LogP contribution in [0.3, 0.4) is 0 Å². The number of nitrogens with one attached hydrogen (secondary N) is 4. The molecule has 1 unspecified atom stereocenters. The number of hydrogen-bond acceptors (Lipinski definition) is 8. The predicted octanol–water partition coefficient (Wildman–Crippen LogP) is 3.41. The van der Waals surface area contributed by atoms with Crippen LogP contribution in [0.15, 0.2) is 72.8 Å². The monoisotopic (exact) mass is 661 g/mol. The summed E-state index contributed by atoms with van der Waals surface area (Å²) >= 11 is 1.20. The number of hydrogen-bond donors (Lipinski definition) is 7. The number of carbonyl (C=O) groups is 4. The molecule has 1 fully saturated rings. The summed E-state index contributed by atoms with van der Waals surface area (Å²) in [7, 11) is 0. The second-order valence-electron chi connectivity index (χ2n) is 10.3. The van der Waals surface area contributed by atoms with Crippen molar-refractivity contribution < 1.29 is 42.6 Å². The van der Waals surface area contributed by atoms with Gasteiger partial charge in [0, 0.05) is 17.3 Å². The van der Waals surface area contributed by atoms with Crippen molar-refractivity contribution in [3.63, 3.8) is 0 Å². The van der Waals surface area contributed by atoms with Crippen molar-refractivity contribution in [2.75, 3.05) is 13.1 Å². The Hall–Kier alpha value is -4.60. The first-order chi connectivity index (χ1) is 21.8. The van der Waals surface area contributed by atoms with Crippen LogP contribution in [0.1, 0.15) is 52.1 Å². The molecule has 8 N–H and O–H groups in total. The van der Waals surface area contributed by atoms with E-state index in [0.29, 0.717) is 16.2 Å². The van der Waals surface area contributed by atoms with Crippen molar-refractivity contribution in [2.24, 2.45) is 5.73 Å². The zero-order chi connectivity index (χ0) is 33.9. The van der Waals surface area contributed by atoms with Crippen molar-refractivity contribution in [1.29, 1.82) is 5.41 Å². The van der Waals surface area contributed by atoms with E-state index >= 15 is 0 Å². The van der Waals surface area contributed by atoms with Crippen molar-refractivity contribution in [1.82, 2.24) is 16.0 Å². The van der Waals surface area contributed by atoms with Gasteiger partial charge >= 0.3 is 18.1 Å². The summed E-state index contributed by atoms with van der Waals surface area (Å²) in [5.74, 6) is -4.87. The first kappa shape index (κ1) is 35.9. The van der Waals surface area contributed by atoms with Crippen LogP contribution in [0.4, 0.5) is 13.2 Å². The maximum Gasteiger partial charge on any atom is 0.490 e. The van der Waals surface area contributed by atoms with E-state index < -0.39 is 48.1 Å². The highest BCUT2D eigenvalue weighted by molar-refractivity contribution is 7.14. The number of halogens is 3. The Morgan fingerprint density at radius 2 is 1.54 bits per heavy atom. The number of amidine groups is 1. The van der Waals surface area contributed by atoms with E-state index in [4.69, 9.17) is 21.0 Å². The molecule has 1 saturated heterocycles. The molecule has 0 bridgehead atoms. The quantitative estimate of drug-likeness (QED) is 0.106. The molecule has 0 radical (unpaired) electrons. The van der Waals surface area contributed by atoms with Crippen LogP contribution in [-0.2, 0) is 19.2 Å². The summed E-state index contributed by atoms with van der Waals surface area (Å²) in [6, 6.07) is 20.3. The number of Topliss-reactive ketones (excluding diaryl/α,β-unsaturated/α-hetero) is 1. The number of benzene rings is 2. The zero-order valence-corrected chi connectivity index (χ0v) is 25.2. The standard InChI is InChI=1S/C29H33N5O4S.C2HF3O2/c30-28(31)22-14-13-21(39-22)25(27(37)20-12-7-16-32-20)34-29(38)26(33-17-15-23(35)36)24(18-8-3-1-4-9-18)19-10-5-2-6-11-19;3-2(4,5)1(6)7/h1-6,8-11,13-14,20,24-26,32-33H,7,12,15-17H2,(H3,30,31)(H,34,38)(H,35,36);(H,6,7)/t20-,25?,26+;/m0./s1. The lowest BCUT2D eigenvalue weighted by Crippen LogP contribution is -2.52. The van der Waals surface area contributed by atoms with E-state index in [-0.39, 0.29) is 24.6 Å². The SMILES string of the molecule is N=C(N)c1ccc(C(NC(=O)[C@H](NCCC(=O)O)C(c2ccccc2)c2ccccc2)C(=O)[C@@H]2CCCN2)s1.O=C(O)C(F)(F)F. The van der Waals surface area contributed by atoms with E-state index in [1.165, 1.54) is 11.3 Å². The summed E-state index contributed by atoms with van der Waals surface area (Å²) in [5, 5.41) is 33.5. The molecule has 4 rings (SSSR count). The van der Waals surface area contributed by atoms with Crippen molar-refractivity contribution in [2.45, 2.75) is 49.5 Å². The largest absolute Gasteiger partial charge is 0.490 e. The highest BCUT2D eigenvalue weighted by Gasteiger charge is 2.38. The summed E-state index contributed by atoms with van der Waals surface area (Å²) in [6.07, 6.45) is -3.71. The molecule has 1 aromatic heterocycles. The Morgan fingerprint density at radius 3 is 1.98 bits per heavy atom. The molecular weight excluding hydrogens is 627 g/mol. The molecule has 15 heteroatoms. The minimum absolute atomic E-state index is 0.0693. The number of ketones is 1. The van der Waals surface area contributed by atoms with Gasteiger partial charge in [-0.25, -0.2) is 4.79 Å². The normalized spacial score (nSPS) is 15.7. The topological polar surface area (TPSA) is 195 Å². The predicted molar refractivity (Wildman–Crippen MR) is 165 cm³/mol. The average molecular weight is 662 g/mol. The maximum absolute atomic E-state index is 14.1. The number of alkyl halides is 3. The number of carbonyl (C=O) groups excluding carboxylic acids is 2. The Morgan fingerprint density at radius 1 is 0.978 bits per heavy atom. The lowest BCUT2D eigenvalue weighted by atomic mass is 9.84. The molecular formula is C31H34F3N5O6S. The molecule has 246 valence electrons. The number of amides is 1. The van der Waals surface area contributed by atoms with E-state index in [9.17, 15) is 32.7 Å². The number of carboxylic acids is 2. The van der Waals surface area contributed by atoms with Crippen LogP contribution in [0.5, 0.6) is 0 Å². The number of nitrogens with two attached hydrogens (primary N) is 1. The molecule has 11 nitrogen and oxygen atoms in total. The van der Waals surface area contributed by atoms with Gasteiger partial charge in [-0.3, -0.25) is 19.8 Å². The minimum Gasteiger partial charge on any atom is -0.481 e. The Balaban J connectivity index is 0.000000738. The zero-order valence-electron chi connectivity index (χ0n) is 24.4. The fraction of sp³-hybridized carbons (Fsp3) is 0.323. The van der Waals surface area contributed by atoms with Crippen LogP contribution < -0.4 is 21.7 Å². The highest BCUT2D eigenvalue weighted by atomic mass is 32.1. The fourth-order valence-electron chi connectivity index (χ4n) is 4.89. The first-order valence-electron chi connectivity index (χ1n) is 14.2. The molecule has 3 aromatic rings. The van der Waals surface area contributed by atoms with Crippen molar-refractivity contribution in [3.05, 3.63) is 93.7 Å². The molecule has 3 atom stereocenters. The molecule has 0 saturated carbocycles. The van der Waals surface area contributed by atoms with Gasteiger partial charge < -0.3 is 31.9 Å². The van der Waals surface area contributed by atoms with Gasteiger partial charge in [-0.2, -0.15) is 13.2 Å². The first-order valence-corrected chi connectivity index (χ1v) is 15.0. The van der Waals surface area contributed by atoms with Gasteiger partial charge in [0.2, 0.25) is 5.91 Å². The number of aliphatic carboxylic acids is 2. The lowest BCUT2D eigenvalue weighted by molar-refractivity contribution is -0.192. The number of nitrogen functional groups attached to an aromatic ring is 1. The third-order valence-corrected chi connectivity index (χ3v) is 8.21. The minimum atomic E-state index is -5.08. The van der Waals surface area contributed by atoms with Gasteiger partial charge in [0.1, 0.15) is 11.9 Å². The third kappa shape index (κ3) is 10.2. The number of carboxylic acid groups (broad SMARTS) is 2. The molecule has 2 aromatic carbocycles. The molecule has 0 aliphatic carbocycles. The third-order valence-electron chi connectivity index (χ3n) is 7.03. The van der Waals surface area contributed by atoms with Gasteiger partial charge in [-0.05, 0) is 42.6 Å². The Kier molecular flexibility index (Phi) is 13.0. The number of rotatable bonds is 13. The molecule has 1 aliphatic heterocycles. The molecule has 1 aliphatic rings. The Bertz CT molecular complexity index is 1460. The van der Waals surface area contributed by atoms with Crippen molar-refractivity contribution >= 4 is 40.8 Å². The second-order valence-corrected chi connectivity index (χ2v) is 11.4. The molecule has 2 heterocycles. The maximum atomic E-state index is 14.1. The van der Waals surface area contributed by atoms with Crippen molar-refractivity contribution in [3.8, 4) is 0 Å². The van der Waals surface area contributed by atoms with E-state index in [0.717, 1.165) is 24.1 Å². The van der Waals surface area contributed by atoms with Gasteiger partial charge in [-0.1, -0.05) is 60.7 Å². The summed E-state index contributed by atoms with van der Waals surface area (Å²) < 4.78 is 31.7. The number of thiophene rings is 1. The fourth-order valence-corrected chi connectivity index (χ4v) is 5.82.